The molecule has 2 aliphatic rings. The summed E-state index contributed by atoms with van der Waals surface area (Å²) < 4.78 is 35.8. The number of ether oxygens (including phenoxy) is 1. The highest BCUT2D eigenvalue weighted by Gasteiger charge is 2.49. The lowest BCUT2D eigenvalue weighted by Gasteiger charge is -2.29. The zero-order valence-corrected chi connectivity index (χ0v) is 20.8. The highest BCUT2D eigenvalue weighted by molar-refractivity contribution is 6.30. The lowest BCUT2D eigenvalue weighted by molar-refractivity contribution is -0.142. The Morgan fingerprint density at radius 2 is 1.37 bits per heavy atom. The first kappa shape index (κ1) is 25.4. The van der Waals surface area contributed by atoms with Crippen LogP contribution in [0.1, 0.15) is 26.3 Å². The molecule has 2 aromatic carbocycles. The van der Waals surface area contributed by atoms with Crippen LogP contribution in [0.5, 0.6) is 0 Å². The summed E-state index contributed by atoms with van der Waals surface area (Å²) in [5, 5.41) is 0.588. The van der Waals surface area contributed by atoms with Crippen molar-refractivity contribution in [2.75, 3.05) is 26.2 Å². The Morgan fingerprint density at radius 3 is 1.86 bits per heavy atom. The third-order valence-corrected chi connectivity index (χ3v) is 6.81. The van der Waals surface area contributed by atoms with Crippen LogP contribution in [0, 0.1) is 11.8 Å². The third kappa shape index (κ3) is 5.43. The first-order valence-electron chi connectivity index (χ1n) is 11.6. The second-order valence-electron chi connectivity index (χ2n) is 10.3. The molecule has 1 unspecified atom stereocenters. The van der Waals surface area contributed by atoms with Gasteiger partial charge in [-0.15, -0.1) is 0 Å². The molecular formula is C26H30ClF2N3O3. The SMILES string of the molecule is CC(C)(C)OC(=O)N1C[C@@H]2CN(C(=O)C(N)C(F)(F)c3ccc(-c4ccc(Cl)cc4)cc3)C[C@@H]2C1. The molecule has 4 rings (SSSR count). The van der Waals surface area contributed by atoms with Gasteiger partial charge in [-0.2, -0.15) is 8.78 Å². The lowest BCUT2D eigenvalue weighted by Crippen LogP contribution is -2.52. The van der Waals surface area contributed by atoms with Crippen molar-refractivity contribution in [3.63, 3.8) is 0 Å². The molecule has 0 aromatic heterocycles. The van der Waals surface area contributed by atoms with Gasteiger partial charge in [0, 0.05) is 48.6 Å². The zero-order valence-electron chi connectivity index (χ0n) is 20.0. The van der Waals surface area contributed by atoms with Gasteiger partial charge < -0.3 is 20.3 Å². The number of halogens is 3. The molecule has 2 heterocycles. The van der Waals surface area contributed by atoms with E-state index >= 15 is 8.78 Å². The van der Waals surface area contributed by atoms with Gasteiger partial charge in [0.05, 0.1) is 0 Å². The Morgan fingerprint density at radius 1 is 0.914 bits per heavy atom. The van der Waals surface area contributed by atoms with Gasteiger partial charge in [0.25, 0.3) is 5.92 Å². The number of rotatable bonds is 4. The second-order valence-corrected chi connectivity index (χ2v) is 10.8. The fraction of sp³-hybridized carbons (Fsp3) is 0.462. The van der Waals surface area contributed by atoms with Crippen LogP contribution >= 0.6 is 11.6 Å². The Balaban J connectivity index is 1.38. The minimum atomic E-state index is -3.53. The number of amides is 2. The Kier molecular flexibility index (Phi) is 6.81. The summed E-state index contributed by atoms with van der Waals surface area (Å²) in [4.78, 5) is 28.3. The Bertz CT molecular complexity index is 1070. The van der Waals surface area contributed by atoms with E-state index in [0.29, 0.717) is 31.2 Å². The third-order valence-electron chi connectivity index (χ3n) is 6.55. The number of hydrogen-bond donors (Lipinski definition) is 1. The van der Waals surface area contributed by atoms with Crippen molar-refractivity contribution in [1.82, 2.24) is 9.80 Å². The summed E-state index contributed by atoms with van der Waals surface area (Å²) >= 11 is 5.91. The van der Waals surface area contributed by atoms with Crippen molar-refractivity contribution in [1.29, 1.82) is 0 Å². The maximum absolute atomic E-state index is 15.2. The molecule has 2 aromatic rings. The lowest BCUT2D eigenvalue weighted by atomic mass is 9.97. The Labute approximate surface area is 209 Å². The van der Waals surface area contributed by atoms with Crippen LogP contribution in [0.2, 0.25) is 5.02 Å². The average Bonchev–Trinajstić information content (AvgIpc) is 3.37. The first-order chi connectivity index (χ1) is 16.3. The van der Waals surface area contributed by atoms with Crippen molar-refractivity contribution >= 4 is 23.6 Å². The molecule has 3 atom stereocenters. The Hall–Kier alpha value is -2.71. The molecule has 0 radical (unpaired) electrons. The minimum absolute atomic E-state index is 0.0194. The summed E-state index contributed by atoms with van der Waals surface area (Å²) in [6.45, 7) is 6.85. The maximum Gasteiger partial charge on any atom is 0.410 e. The quantitative estimate of drug-likeness (QED) is 0.650. The van der Waals surface area contributed by atoms with Crippen LogP contribution < -0.4 is 5.73 Å². The van der Waals surface area contributed by atoms with Gasteiger partial charge in [-0.25, -0.2) is 4.79 Å². The number of likely N-dealkylation sites (tertiary alicyclic amines) is 2. The second kappa shape index (κ2) is 9.39. The number of benzene rings is 2. The van der Waals surface area contributed by atoms with Crippen LogP contribution in [-0.2, 0) is 15.5 Å². The van der Waals surface area contributed by atoms with E-state index in [1.54, 1.807) is 62.1 Å². The van der Waals surface area contributed by atoms with Crippen LogP contribution in [-0.4, -0.2) is 59.6 Å². The standard InChI is InChI=1S/C26H30ClF2N3O3/c1-25(2,3)35-24(34)32-14-18-12-31(13-19(18)15-32)23(33)22(30)26(28,29)20-8-4-16(5-9-20)17-6-10-21(27)11-7-17/h4-11,18-19,22H,12-15,30H2,1-3H3/t18-,19+,22?. The fourth-order valence-corrected chi connectivity index (χ4v) is 4.83. The van der Waals surface area contributed by atoms with Crippen LogP contribution in [0.3, 0.4) is 0 Å². The summed E-state index contributed by atoms with van der Waals surface area (Å²) in [7, 11) is 0. The van der Waals surface area contributed by atoms with E-state index in [4.69, 9.17) is 22.1 Å². The number of hydrogen-bond acceptors (Lipinski definition) is 4. The molecule has 0 bridgehead atoms. The monoisotopic (exact) mass is 505 g/mol. The van der Waals surface area contributed by atoms with Gasteiger partial charge in [-0.05, 0) is 44.0 Å². The van der Waals surface area contributed by atoms with E-state index in [1.165, 1.54) is 17.0 Å². The first-order valence-corrected chi connectivity index (χ1v) is 12.0. The maximum atomic E-state index is 15.2. The average molecular weight is 506 g/mol. The summed E-state index contributed by atoms with van der Waals surface area (Å²) in [6.07, 6.45) is -0.393. The van der Waals surface area contributed by atoms with E-state index in [1.807, 2.05) is 0 Å². The molecule has 188 valence electrons. The van der Waals surface area contributed by atoms with E-state index in [9.17, 15) is 9.59 Å². The number of nitrogens with two attached hydrogens (primary N) is 1. The van der Waals surface area contributed by atoms with Gasteiger partial charge >= 0.3 is 6.09 Å². The molecule has 0 saturated carbocycles. The van der Waals surface area contributed by atoms with E-state index in [-0.39, 0.29) is 17.4 Å². The zero-order chi connectivity index (χ0) is 25.5. The van der Waals surface area contributed by atoms with E-state index in [2.05, 4.69) is 0 Å². The van der Waals surface area contributed by atoms with Crippen molar-refractivity contribution in [3.05, 3.63) is 59.1 Å². The smallest absolute Gasteiger partial charge is 0.410 e. The molecule has 6 nitrogen and oxygen atoms in total. The predicted octanol–water partition coefficient (Wildman–Crippen LogP) is 4.75. The molecule has 9 heteroatoms. The summed E-state index contributed by atoms with van der Waals surface area (Å²) in [6, 6.07) is 10.8. The van der Waals surface area contributed by atoms with E-state index in [0.717, 1.165) is 11.1 Å². The van der Waals surface area contributed by atoms with Gasteiger partial charge in [0.15, 0.2) is 6.04 Å². The van der Waals surface area contributed by atoms with Crippen LogP contribution in [0.4, 0.5) is 13.6 Å². The number of fused-ring (bicyclic) bond motifs is 1. The van der Waals surface area contributed by atoms with Crippen molar-refractivity contribution in [2.45, 2.75) is 38.3 Å². The topological polar surface area (TPSA) is 75.9 Å². The van der Waals surface area contributed by atoms with Gasteiger partial charge in [-0.1, -0.05) is 48.0 Å². The highest BCUT2D eigenvalue weighted by Crippen LogP contribution is 2.36. The molecular weight excluding hydrogens is 476 g/mol. The van der Waals surface area contributed by atoms with Crippen molar-refractivity contribution in [3.8, 4) is 11.1 Å². The fourth-order valence-electron chi connectivity index (χ4n) is 4.71. The van der Waals surface area contributed by atoms with Gasteiger partial charge in [0.1, 0.15) is 5.60 Å². The van der Waals surface area contributed by atoms with Crippen LogP contribution in [0.25, 0.3) is 11.1 Å². The number of nitrogens with zero attached hydrogens (tertiary/aromatic N) is 2. The molecule has 0 spiro atoms. The minimum Gasteiger partial charge on any atom is -0.444 e. The molecule has 2 aliphatic heterocycles. The van der Waals surface area contributed by atoms with Crippen molar-refractivity contribution in [2.24, 2.45) is 17.6 Å². The molecule has 2 saturated heterocycles. The van der Waals surface area contributed by atoms with Gasteiger partial charge in [0.2, 0.25) is 5.91 Å². The molecule has 0 aliphatic carbocycles. The predicted molar refractivity (Wildman–Crippen MR) is 130 cm³/mol. The summed E-state index contributed by atoms with van der Waals surface area (Å²) in [5.74, 6) is -4.28. The number of alkyl halides is 2. The normalized spacial score (nSPS) is 21.1. The molecule has 2 amide bonds. The molecule has 35 heavy (non-hydrogen) atoms. The highest BCUT2D eigenvalue weighted by atomic mass is 35.5. The number of carbonyl (C=O) groups is 2. The summed E-state index contributed by atoms with van der Waals surface area (Å²) in [5.41, 5.74) is 6.51. The molecule has 2 N–H and O–H groups in total. The van der Waals surface area contributed by atoms with E-state index < -0.39 is 29.6 Å². The molecule has 2 fully saturated rings. The van der Waals surface area contributed by atoms with Gasteiger partial charge in [-0.3, -0.25) is 4.79 Å². The number of carbonyl (C=O) groups excluding carboxylic acids is 2. The van der Waals surface area contributed by atoms with Crippen LogP contribution in [0.15, 0.2) is 48.5 Å². The van der Waals surface area contributed by atoms with Crippen molar-refractivity contribution < 1.29 is 23.1 Å². The largest absolute Gasteiger partial charge is 0.444 e.